The van der Waals surface area contributed by atoms with E-state index in [1.165, 1.54) is 11.9 Å². The predicted octanol–water partition coefficient (Wildman–Crippen LogP) is 1.84. The van der Waals surface area contributed by atoms with Crippen molar-refractivity contribution in [2.24, 2.45) is 0 Å². The lowest BCUT2D eigenvalue weighted by Gasteiger charge is -2.30. The Morgan fingerprint density at radius 1 is 1.31 bits per heavy atom. The number of amides is 2. The zero-order valence-electron chi connectivity index (χ0n) is 15.3. The van der Waals surface area contributed by atoms with Crippen molar-refractivity contribution in [3.63, 3.8) is 0 Å². The summed E-state index contributed by atoms with van der Waals surface area (Å²) in [7, 11) is 1.34. The SMILES string of the molecule is CN(C(=O)OC(C)(C)C)C(CCN1C(=O)c2ccccc2C1O)C(=O)O. The van der Waals surface area contributed by atoms with Gasteiger partial charge in [-0.25, -0.2) is 9.59 Å². The number of hydrogen-bond donors (Lipinski definition) is 2. The molecule has 1 heterocycles. The number of nitrogens with zero attached hydrogens (tertiary/aromatic N) is 2. The van der Waals surface area contributed by atoms with E-state index in [0.29, 0.717) is 11.1 Å². The number of benzene rings is 1. The quantitative estimate of drug-likeness (QED) is 0.825. The largest absolute Gasteiger partial charge is 0.480 e. The molecule has 2 rings (SSSR count). The first-order valence-corrected chi connectivity index (χ1v) is 8.29. The molecule has 0 spiro atoms. The smallest absolute Gasteiger partial charge is 0.410 e. The number of ether oxygens (including phenoxy) is 1. The molecule has 0 aliphatic carbocycles. The number of rotatable bonds is 5. The highest BCUT2D eigenvalue weighted by atomic mass is 16.6. The van der Waals surface area contributed by atoms with Crippen molar-refractivity contribution < 1.29 is 29.3 Å². The second kappa shape index (κ2) is 7.33. The molecule has 8 nitrogen and oxygen atoms in total. The first-order chi connectivity index (χ1) is 12.0. The van der Waals surface area contributed by atoms with E-state index < -0.39 is 29.9 Å². The number of carboxylic acids is 1. The Morgan fingerprint density at radius 2 is 1.92 bits per heavy atom. The first-order valence-electron chi connectivity index (χ1n) is 8.29. The summed E-state index contributed by atoms with van der Waals surface area (Å²) < 4.78 is 5.19. The monoisotopic (exact) mass is 364 g/mol. The van der Waals surface area contributed by atoms with Crippen LogP contribution in [0.1, 0.15) is 49.3 Å². The summed E-state index contributed by atoms with van der Waals surface area (Å²) in [6.07, 6.45) is -1.93. The molecular formula is C18H24N2O6. The highest BCUT2D eigenvalue weighted by molar-refractivity contribution is 5.98. The molecule has 0 bridgehead atoms. The van der Waals surface area contributed by atoms with Crippen LogP contribution in [-0.2, 0) is 9.53 Å². The Labute approximate surface area is 152 Å². The molecule has 26 heavy (non-hydrogen) atoms. The minimum absolute atomic E-state index is 0.0151. The number of hydrogen-bond acceptors (Lipinski definition) is 5. The highest BCUT2D eigenvalue weighted by Crippen LogP contribution is 2.31. The van der Waals surface area contributed by atoms with Crippen molar-refractivity contribution in [2.45, 2.75) is 45.1 Å². The van der Waals surface area contributed by atoms with E-state index in [1.54, 1.807) is 45.0 Å². The third-order valence-corrected chi connectivity index (χ3v) is 4.10. The van der Waals surface area contributed by atoms with Gasteiger partial charge >= 0.3 is 12.1 Å². The summed E-state index contributed by atoms with van der Waals surface area (Å²) in [5, 5.41) is 19.8. The second-order valence-electron chi connectivity index (χ2n) is 7.19. The van der Waals surface area contributed by atoms with E-state index >= 15 is 0 Å². The Kier molecular flexibility index (Phi) is 5.56. The van der Waals surface area contributed by atoms with Crippen LogP contribution in [0.4, 0.5) is 4.79 Å². The van der Waals surface area contributed by atoms with Crippen LogP contribution in [0, 0.1) is 0 Å². The summed E-state index contributed by atoms with van der Waals surface area (Å²) in [5.41, 5.74) is 0.134. The zero-order chi connectivity index (χ0) is 19.6. The highest BCUT2D eigenvalue weighted by Gasteiger charge is 2.37. The van der Waals surface area contributed by atoms with E-state index in [-0.39, 0.29) is 18.9 Å². The van der Waals surface area contributed by atoms with Crippen molar-refractivity contribution in [1.82, 2.24) is 9.80 Å². The van der Waals surface area contributed by atoms with E-state index in [0.717, 1.165) is 4.90 Å². The van der Waals surface area contributed by atoms with Crippen molar-refractivity contribution in [3.8, 4) is 0 Å². The molecule has 0 saturated heterocycles. The molecular weight excluding hydrogens is 340 g/mol. The second-order valence-corrected chi connectivity index (χ2v) is 7.19. The van der Waals surface area contributed by atoms with Gasteiger partial charge in [0.2, 0.25) is 0 Å². The number of carbonyl (C=O) groups is 3. The van der Waals surface area contributed by atoms with Crippen LogP contribution < -0.4 is 0 Å². The number of carbonyl (C=O) groups excluding carboxylic acids is 2. The molecule has 1 aliphatic heterocycles. The Balaban J connectivity index is 2.07. The molecule has 0 fully saturated rings. The van der Waals surface area contributed by atoms with Gasteiger partial charge in [-0.3, -0.25) is 9.69 Å². The summed E-state index contributed by atoms with van der Waals surface area (Å²) in [5.74, 6) is -1.57. The van der Waals surface area contributed by atoms with Crippen molar-refractivity contribution >= 4 is 18.0 Å². The summed E-state index contributed by atoms with van der Waals surface area (Å²) >= 11 is 0. The maximum absolute atomic E-state index is 12.4. The fraction of sp³-hybridized carbons (Fsp3) is 0.500. The third-order valence-electron chi connectivity index (χ3n) is 4.10. The van der Waals surface area contributed by atoms with Gasteiger partial charge in [-0.15, -0.1) is 0 Å². The zero-order valence-corrected chi connectivity index (χ0v) is 15.3. The fourth-order valence-corrected chi connectivity index (χ4v) is 2.78. The molecule has 0 aromatic heterocycles. The van der Waals surface area contributed by atoms with Crippen LogP contribution in [0.5, 0.6) is 0 Å². The van der Waals surface area contributed by atoms with Crippen molar-refractivity contribution in [1.29, 1.82) is 0 Å². The predicted molar refractivity (Wildman–Crippen MR) is 92.5 cm³/mol. The molecule has 2 unspecified atom stereocenters. The molecule has 2 N–H and O–H groups in total. The van der Waals surface area contributed by atoms with Gasteiger partial charge in [0.05, 0.1) is 0 Å². The number of aliphatic carboxylic acids is 1. The summed E-state index contributed by atoms with van der Waals surface area (Å²) in [4.78, 5) is 38.3. The Bertz CT molecular complexity index is 712. The van der Waals surface area contributed by atoms with E-state index in [2.05, 4.69) is 0 Å². The first kappa shape index (κ1) is 19.7. The van der Waals surface area contributed by atoms with E-state index in [4.69, 9.17) is 4.74 Å². The molecule has 0 radical (unpaired) electrons. The lowest BCUT2D eigenvalue weighted by Crippen LogP contribution is -2.46. The lowest BCUT2D eigenvalue weighted by atomic mass is 10.1. The van der Waals surface area contributed by atoms with Gasteiger partial charge in [0.1, 0.15) is 11.6 Å². The van der Waals surface area contributed by atoms with E-state index in [1.807, 2.05) is 0 Å². The third kappa shape index (κ3) is 4.13. The van der Waals surface area contributed by atoms with Crippen LogP contribution in [0.15, 0.2) is 24.3 Å². The number of fused-ring (bicyclic) bond motifs is 1. The van der Waals surface area contributed by atoms with Crippen LogP contribution in [0.2, 0.25) is 0 Å². The van der Waals surface area contributed by atoms with Gasteiger partial charge in [-0.2, -0.15) is 0 Å². The minimum atomic E-state index is -1.21. The molecule has 8 heteroatoms. The Morgan fingerprint density at radius 3 is 2.46 bits per heavy atom. The van der Waals surface area contributed by atoms with Gasteiger partial charge in [0.15, 0.2) is 6.23 Å². The van der Waals surface area contributed by atoms with Gasteiger partial charge in [0, 0.05) is 24.7 Å². The normalized spacial score (nSPS) is 17.7. The van der Waals surface area contributed by atoms with Gasteiger partial charge in [-0.05, 0) is 33.3 Å². The van der Waals surface area contributed by atoms with Crippen LogP contribution in [0.3, 0.4) is 0 Å². The summed E-state index contributed by atoms with van der Waals surface area (Å²) in [6, 6.07) is 5.49. The number of likely N-dealkylation sites (N-methyl/N-ethyl adjacent to an activating group) is 1. The van der Waals surface area contributed by atoms with Crippen LogP contribution in [-0.4, -0.2) is 63.2 Å². The van der Waals surface area contributed by atoms with E-state index in [9.17, 15) is 24.6 Å². The molecule has 142 valence electrons. The maximum atomic E-state index is 12.4. The topological polar surface area (TPSA) is 107 Å². The molecule has 0 saturated carbocycles. The van der Waals surface area contributed by atoms with Crippen molar-refractivity contribution in [3.05, 3.63) is 35.4 Å². The van der Waals surface area contributed by atoms with Gasteiger partial charge in [0.25, 0.3) is 5.91 Å². The Hall–Kier alpha value is -2.61. The summed E-state index contributed by atoms with van der Waals surface area (Å²) in [6.45, 7) is 5.04. The van der Waals surface area contributed by atoms with Gasteiger partial charge < -0.3 is 19.8 Å². The maximum Gasteiger partial charge on any atom is 0.410 e. The molecule has 1 aliphatic rings. The van der Waals surface area contributed by atoms with Crippen LogP contribution >= 0.6 is 0 Å². The minimum Gasteiger partial charge on any atom is -0.480 e. The molecule has 1 aromatic rings. The number of carboxylic acid groups (broad SMARTS) is 1. The molecule has 2 atom stereocenters. The average molecular weight is 364 g/mol. The number of aliphatic hydroxyl groups is 1. The standard InChI is InChI=1S/C18H24N2O6/c1-18(2,3)26-17(25)19(4)13(16(23)24)9-10-20-14(21)11-7-5-6-8-12(11)15(20)22/h5-8,13-14,21H,9-10H2,1-4H3,(H,23,24). The van der Waals surface area contributed by atoms with Crippen LogP contribution in [0.25, 0.3) is 0 Å². The van der Waals surface area contributed by atoms with Gasteiger partial charge in [-0.1, -0.05) is 18.2 Å². The average Bonchev–Trinajstić information content (AvgIpc) is 2.78. The molecule has 1 aromatic carbocycles. The van der Waals surface area contributed by atoms with Crippen molar-refractivity contribution in [2.75, 3.05) is 13.6 Å². The number of aliphatic hydroxyl groups excluding tert-OH is 1. The molecule has 2 amide bonds. The lowest BCUT2D eigenvalue weighted by molar-refractivity contribution is -0.143. The fourth-order valence-electron chi connectivity index (χ4n) is 2.78.